The lowest BCUT2D eigenvalue weighted by molar-refractivity contribution is 0.0948. The minimum Gasteiger partial charge on any atom is -0.493 e. The monoisotopic (exact) mass is 509 g/mol. The van der Waals surface area contributed by atoms with E-state index in [1.165, 1.54) is 21.3 Å². The summed E-state index contributed by atoms with van der Waals surface area (Å²) in [5, 5.41) is 2.97. The van der Waals surface area contributed by atoms with Crippen LogP contribution in [0.25, 0.3) is 11.0 Å². The molecule has 0 aliphatic rings. The van der Waals surface area contributed by atoms with Crippen LogP contribution in [0.5, 0.6) is 17.2 Å². The molecule has 1 amide bonds. The fourth-order valence-electron chi connectivity index (χ4n) is 3.68. The highest BCUT2D eigenvalue weighted by Crippen LogP contribution is 2.38. The van der Waals surface area contributed by atoms with E-state index >= 15 is 0 Å². The predicted molar refractivity (Wildman–Crippen MR) is 130 cm³/mol. The Balaban J connectivity index is 1.61. The van der Waals surface area contributed by atoms with Crippen LogP contribution in [0.4, 0.5) is 0 Å². The van der Waals surface area contributed by atoms with Crippen LogP contribution in [0.15, 0.2) is 65.1 Å². The van der Waals surface area contributed by atoms with Crippen LogP contribution < -0.4 is 19.5 Å². The molecule has 0 saturated carbocycles. The summed E-state index contributed by atoms with van der Waals surface area (Å²) in [6.07, 6.45) is 0. The van der Waals surface area contributed by atoms with Crippen molar-refractivity contribution in [3.8, 4) is 17.2 Å². The molecule has 1 aromatic heterocycles. The zero-order valence-corrected chi connectivity index (χ0v) is 20.2. The van der Waals surface area contributed by atoms with Gasteiger partial charge >= 0.3 is 0 Å². The van der Waals surface area contributed by atoms with Gasteiger partial charge in [-0.2, -0.15) is 0 Å². The minimum absolute atomic E-state index is 0.265. The van der Waals surface area contributed by atoms with Gasteiger partial charge in [0.1, 0.15) is 5.82 Å². The largest absolute Gasteiger partial charge is 0.493 e. The SMILES string of the molecule is COc1cc(C(=O)NCc2nc3ccccc3n2Cc2ccc(Br)cc2)cc(OC)c1OC. The Morgan fingerprint density at radius 3 is 2.27 bits per heavy atom. The molecule has 3 aromatic carbocycles. The van der Waals surface area contributed by atoms with Crippen molar-refractivity contribution in [3.05, 3.63) is 82.1 Å². The van der Waals surface area contributed by atoms with Crippen molar-refractivity contribution in [2.24, 2.45) is 0 Å². The number of halogens is 1. The molecule has 0 fully saturated rings. The van der Waals surface area contributed by atoms with Crippen LogP contribution in [-0.4, -0.2) is 36.8 Å². The molecule has 170 valence electrons. The summed E-state index contributed by atoms with van der Waals surface area (Å²) in [6, 6.07) is 19.4. The molecule has 0 aliphatic heterocycles. The number of nitrogens with one attached hydrogen (secondary N) is 1. The van der Waals surface area contributed by atoms with Gasteiger partial charge in [-0.15, -0.1) is 0 Å². The van der Waals surface area contributed by atoms with Crippen molar-refractivity contribution in [2.45, 2.75) is 13.1 Å². The summed E-state index contributed by atoms with van der Waals surface area (Å²) >= 11 is 3.48. The van der Waals surface area contributed by atoms with E-state index in [0.29, 0.717) is 29.4 Å². The fraction of sp³-hybridized carbons (Fsp3) is 0.200. The number of benzene rings is 3. The molecule has 0 radical (unpaired) electrons. The topological polar surface area (TPSA) is 74.6 Å². The Kier molecular flexibility index (Phi) is 6.84. The lowest BCUT2D eigenvalue weighted by Crippen LogP contribution is -2.25. The van der Waals surface area contributed by atoms with E-state index in [0.717, 1.165) is 26.9 Å². The summed E-state index contributed by atoms with van der Waals surface area (Å²) in [5.41, 5.74) is 3.43. The second kappa shape index (κ2) is 9.95. The van der Waals surface area contributed by atoms with Crippen LogP contribution in [0.2, 0.25) is 0 Å². The first-order chi connectivity index (χ1) is 16.0. The molecule has 1 N–H and O–H groups in total. The quantitative estimate of drug-likeness (QED) is 0.369. The average Bonchev–Trinajstić information content (AvgIpc) is 3.20. The van der Waals surface area contributed by atoms with E-state index in [4.69, 9.17) is 19.2 Å². The van der Waals surface area contributed by atoms with Crippen LogP contribution in [-0.2, 0) is 13.1 Å². The van der Waals surface area contributed by atoms with Crippen molar-refractivity contribution in [1.82, 2.24) is 14.9 Å². The van der Waals surface area contributed by atoms with Crippen molar-refractivity contribution in [1.29, 1.82) is 0 Å². The van der Waals surface area contributed by atoms with Crippen molar-refractivity contribution in [2.75, 3.05) is 21.3 Å². The van der Waals surface area contributed by atoms with Gasteiger partial charge in [0.15, 0.2) is 11.5 Å². The number of aromatic nitrogens is 2. The molecule has 33 heavy (non-hydrogen) atoms. The maximum atomic E-state index is 13.0. The molecule has 0 saturated heterocycles. The van der Waals surface area contributed by atoms with Crippen molar-refractivity contribution >= 4 is 32.9 Å². The van der Waals surface area contributed by atoms with Gasteiger partial charge in [-0.1, -0.05) is 40.2 Å². The number of carbonyl (C=O) groups excluding carboxylic acids is 1. The van der Waals surface area contributed by atoms with Crippen LogP contribution in [0.1, 0.15) is 21.7 Å². The maximum absolute atomic E-state index is 13.0. The van der Waals surface area contributed by atoms with Gasteiger partial charge in [0, 0.05) is 16.6 Å². The van der Waals surface area contributed by atoms with Gasteiger partial charge in [0.2, 0.25) is 5.75 Å². The summed E-state index contributed by atoms with van der Waals surface area (Å²) < 4.78 is 19.2. The molecule has 1 heterocycles. The van der Waals surface area contributed by atoms with E-state index in [2.05, 4.69) is 37.9 Å². The number of carbonyl (C=O) groups is 1. The highest BCUT2D eigenvalue weighted by atomic mass is 79.9. The van der Waals surface area contributed by atoms with Gasteiger partial charge in [-0.25, -0.2) is 4.98 Å². The zero-order chi connectivity index (χ0) is 23.4. The Morgan fingerprint density at radius 1 is 0.970 bits per heavy atom. The number of hydrogen-bond donors (Lipinski definition) is 1. The van der Waals surface area contributed by atoms with Crippen molar-refractivity contribution < 1.29 is 19.0 Å². The summed E-state index contributed by atoms with van der Waals surface area (Å²) in [7, 11) is 4.56. The molecule has 0 bridgehead atoms. The first-order valence-electron chi connectivity index (χ1n) is 10.3. The first kappa shape index (κ1) is 22.7. The molecule has 0 unspecified atom stereocenters. The third-order valence-corrected chi connectivity index (χ3v) is 5.85. The van der Waals surface area contributed by atoms with Gasteiger partial charge in [0.25, 0.3) is 5.91 Å². The second-order valence-corrected chi connectivity index (χ2v) is 8.24. The van der Waals surface area contributed by atoms with Gasteiger partial charge in [-0.3, -0.25) is 4.79 Å². The number of hydrogen-bond acceptors (Lipinski definition) is 5. The lowest BCUT2D eigenvalue weighted by Gasteiger charge is -2.14. The molecular weight excluding hydrogens is 486 g/mol. The molecule has 4 aromatic rings. The number of rotatable bonds is 8. The van der Waals surface area contributed by atoms with Crippen LogP contribution in [0.3, 0.4) is 0 Å². The van der Waals surface area contributed by atoms with E-state index in [9.17, 15) is 4.79 Å². The van der Waals surface area contributed by atoms with E-state index in [1.807, 2.05) is 36.4 Å². The van der Waals surface area contributed by atoms with Crippen LogP contribution in [0, 0.1) is 0 Å². The number of fused-ring (bicyclic) bond motifs is 1. The smallest absolute Gasteiger partial charge is 0.251 e. The van der Waals surface area contributed by atoms with Crippen LogP contribution >= 0.6 is 15.9 Å². The second-order valence-electron chi connectivity index (χ2n) is 7.33. The van der Waals surface area contributed by atoms with Gasteiger partial charge < -0.3 is 24.1 Å². The van der Waals surface area contributed by atoms with E-state index in [-0.39, 0.29) is 12.5 Å². The standard InChI is InChI=1S/C25H24BrN3O4/c1-31-21-12-17(13-22(32-2)24(21)33-3)25(30)27-14-23-28-19-6-4-5-7-20(19)29(23)15-16-8-10-18(26)11-9-16/h4-13H,14-15H2,1-3H3,(H,27,30). The van der Waals surface area contributed by atoms with E-state index in [1.54, 1.807) is 12.1 Å². The molecule has 7 nitrogen and oxygen atoms in total. The Labute approximate surface area is 200 Å². The van der Waals surface area contributed by atoms with E-state index < -0.39 is 0 Å². The third-order valence-electron chi connectivity index (χ3n) is 5.32. The Hall–Kier alpha value is -3.52. The number of ether oxygens (including phenoxy) is 3. The third kappa shape index (κ3) is 4.80. The fourth-order valence-corrected chi connectivity index (χ4v) is 3.95. The first-order valence-corrected chi connectivity index (χ1v) is 11.1. The molecule has 4 rings (SSSR count). The summed E-state index contributed by atoms with van der Waals surface area (Å²) in [5.74, 6) is 1.78. The number of para-hydroxylation sites is 2. The summed E-state index contributed by atoms with van der Waals surface area (Å²) in [4.78, 5) is 17.7. The molecule has 8 heteroatoms. The minimum atomic E-state index is -0.267. The summed E-state index contributed by atoms with van der Waals surface area (Å²) in [6.45, 7) is 0.907. The number of nitrogens with zero attached hydrogens (tertiary/aromatic N) is 2. The molecular formula is C25H24BrN3O4. The van der Waals surface area contributed by atoms with Gasteiger partial charge in [-0.05, 0) is 42.0 Å². The Bertz CT molecular complexity index is 1260. The van der Waals surface area contributed by atoms with Gasteiger partial charge in [0.05, 0.1) is 38.9 Å². The normalized spacial score (nSPS) is 10.8. The molecule has 0 atom stereocenters. The highest BCUT2D eigenvalue weighted by Gasteiger charge is 2.18. The zero-order valence-electron chi connectivity index (χ0n) is 18.6. The Morgan fingerprint density at radius 2 is 1.64 bits per heavy atom. The maximum Gasteiger partial charge on any atom is 0.251 e. The molecule has 0 spiro atoms. The molecule has 0 aliphatic carbocycles. The van der Waals surface area contributed by atoms with Crippen molar-refractivity contribution in [3.63, 3.8) is 0 Å². The lowest BCUT2D eigenvalue weighted by atomic mass is 10.1. The highest BCUT2D eigenvalue weighted by molar-refractivity contribution is 9.10. The predicted octanol–water partition coefficient (Wildman–Crippen LogP) is 4.80. The number of imidazole rings is 1. The number of methoxy groups -OCH3 is 3. The average molecular weight is 510 g/mol. The number of amides is 1.